The van der Waals surface area contributed by atoms with Crippen LogP contribution < -0.4 is 14.2 Å². The lowest BCUT2D eigenvalue weighted by atomic mass is 9.84. The van der Waals surface area contributed by atoms with E-state index in [9.17, 15) is 22.8 Å². The lowest BCUT2D eigenvalue weighted by molar-refractivity contribution is -0.137. The van der Waals surface area contributed by atoms with Crippen LogP contribution in [0.25, 0.3) is 0 Å². The molecule has 2 saturated heterocycles. The van der Waals surface area contributed by atoms with Gasteiger partial charge in [-0.05, 0) is 86.3 Å². The lowest BCUT2D eigenvalue weighted by Crippen LogP contribution is -2.55. The summed E-state index contributed by atoms with van der Waals surface area (Å²) in [5.41, 5.74) is -0.177. The van der Waals surface area contributed by atoms with Crippen LogP contribution in [0.3, 0.4) is 0 Å². The molecule has 2 fully saturated rings. The van der Waals surface area contributed by atoms with Gasteiger partial charge in [-0.25, -0.2) is 0 Å². The van der Waals surface area contributed by atoms with Crippen molar-refractivity contribution >= 4 is 11.8 Å². The number of hydrogen-bond acceptors (Lipinski definition) is 5. The summed E-state index contributed by atoms with van der Waals surface area (Å²) < 4.78 is 54.9. The number of nitrogens with zero attached hydrogens (tertiary/aromatic N) is 2. The Labute approximate surface area is 236 Å². The Kier molecular flexibility index (Phi) is 7.84. The van der Waals surface area contributed by atoms with Crippen LogP contribution in [0.5, 0.6) is 23.0 Å². The molecule has 3 aromatic rings. The molecule has 2 aliphatic rings. The second kappa shape index (κ2) is 11.3. The number of hydrogen-bond donors (Lipinski definition) is 0. The van der Waals surface area contributed by atoms with Crippen molar-refractivity contribution in [2.24, 2.45) is 0 Å². The van der Waals surface area contributed by atoms with Gasteiger partial charge in [0, 0.05) is 30.7 Å². The second-order valence-corrected chi connectivity index (χ2v) is 10.3. The summed E-state index contributed by atoms with van der Waals surface area (Å²) >= 11 is 0. The third-order valence-corrected chi connectivity index (χ3v) is 7.98. The SMILES string of the molecule is COc1cccc(OC)c1C(=O)N1CCC2(CCCN2C(=O)c2ccc(Oc3ccc(C(F)(F)F)cc3)cc2)CC1. The van der Waals surface area contributed by atoms with Gasteiger partial charge in [-0.3, -0.25) is 9.59 Å². The molecule has 3 aromatic carbocycles. The van der Waals surface area contributed by atoms with Gasteiger partial charge in [0.15, 0.2) is 0 Å². The Morgan fingerprint density at radius 3 is 1.85 bits per heavy atom. The fourth-order valence-corrected chi connectivity index (χ4v) is 5.79. The minimum atomic E-state index is -4.41. The zero-order valence-corrected chi connectivity index (χ0v) is 22.9. The first kappa shape index (κ1) is 28.3. The normalized spacial score (nSPS) is 16.5. The molecule has 0 saturated carbocycles. The maximum Gasteiger partial charge on any atom is 0.416 e. The number of carbonyl (C=O) groups excluding carboxylic acids is 2. The molecule has 0 unspecified atom stereocenters. The van der Waals surface area contributed by atoms with Gasteiger partial charge in [0.1, 0.15) is 28.6 Å². The Morgan fingerprint density at radius 1 is 0.756 bits per heavy atom. The summed E-state index contributed by atoms with van der Waals surface area (Å²) in [6.45, 7) is 1.64. The first-order chi connectivity index (χ1) is 19.6. The predicted molar refractivity (Wildman–Crippen MR) is 146 cm³/mol. The molecule has 2 aliphatic heterocycles. The minimum Gasteiger partial charge on any atom is -0.496 e. The Morgan fingerprint density at radius 2 is 1.32 bits per heavy atom. The van der Waals surface area contributed by atoms with E-state index in [2.05, 4.69) is 0 Å². The third kappa shape index (κ3) is 5.68. The van der Waals surface area contributed by atoms with Crippen molar-refractivity contribution in [2.75, 3.05) is 33.9 Å². The summed E-state index contributed by atoms with van der Waals surface area (Å²) in [5.74, 6) is 1.35. The van der Waals surface area contributed by atoms with Crippen LogP contribution in [0.1, 0.15) is 52.0 Å². The van der Waals surface area contributed by atoms with Gasteiger partial charge >= 0.3 is 6.18 Å². The van der Waals surface area contributed by atoms with E-state index in [-0.39, 0.29) is 23.1 Å². The summed E-state index contributed by atoms with van der Waals surface area (Å²) in [4.78, 5) is 30.8. The number of methoxy groups -OCH3 is 2. The zero-order valence-electron chi connectivity index (χ0n) is 22.9. The van der Waals surface area contributed by atoms with Crippen LogP contribution >= 0.6 is 0 Å². The molecule has 1 spiro atoms. The molecule has 216 valence electrons. The van der Waals surface area contributed by atoms with Gasteiger partial charge in [0.05, 0.1) is 19.8 Å². The smallest absolute Gasteiger partial charge is 0.416 e. The Balaban J connectivity index is 1.24. The predicted octanol–water partition coefficient (Wildman–Crippen LogP) is 6.43. The number of rotatable bonds is 6. The van der Waals surface area contributed by atoms with Crippen LogP contribution in [0, 0.1) is 0 Å². The van der Waals surface area contributed by atoms with Crippen molar-refractivity contribution in [1.29, 1.82) is 0 Å². The second-order valence-electron chi connectivity index (χ2n) is 10.3. The number of carbonyl (C=O) groups is 2. The average Bonchev–Trinajstić information content (AvgIpc) is 3.39. The molecule has 41 heavy (non-hydrogen) atoms. The van der Waals surface area contributed by atoms with E-state index in [1.54, 1.807) is 47.4 Å². The topological polar surface area (TPSA) is 68.3 Å². The van der Waals surface area contributed by atoms with E-state index < -0.39 is 11.7 Å². The summed E-state index contributed by atoms with van der Waals surface area (Å²) in [6.07, 6.45) is -1.33. The van der Waals surface area contributed by atoms with E-state index in [1.165, 1.54) is 26.4 Å². The van der Waals surface area contributed by atoms with E-state index in [4.69, 9.17) is 14.2 Å². The molecule has 0 aliphatic carbocycles. The van der Waals surface area contributed by atoms with E-state index in [0.717, 1.165) is 25.0 Å². The molecule has 2 amide bonds. The molecular weight excluding hydrogens is 537 g/mol. The zero-order chi connectivity index (χ0) is 29.2. The Hall–Kier alpha value is -4.21. The number of ether oxygens (including phenoxy) is 3. The van der Waals surface area contributed by atoms with Crippen molar-refractivity contribution < 1.29 is 37.0 Å². The number of piperidine rings is 1. The maximum absolute atomic E-state index is 13.6. The Bertz CT molecular complexity index is 1380. The number of likely N-dealkylation sites (tertiary alicyclic amines) is 2. The molecule has 0 bridgehead atoms. The minimum absolute atomic E-state index is 0.0882. The molecule has 2 heterocycles. The van der Waals surface area contributed by atoms with Crippen LogP contribution in [0.2, 0.25) is 0 Å². The van der Waals surface area contributed by atoms with E-state index in [1.807, 2.05) is 4.90 Å². The largest absolute Gasteiger partial charge is 0.496 e. The van der Waals surface area contributed by atoms with Gasteiger partial charge in [0.25, 0.3) is 11.8 Å². The average molecular weight is 569 g/mol. The molecule has 7 nitrogen and oxygen atoms in total. The van der Waals surface area contributed by atoms with Crippen molar-refractivity contribution in [1.82, 2.24) is 9.80 Å². The molecular formula is C31H31F3N2O5. The number of amides is 2. The number of benzene rings is 3. The molecule has 5 rings (SSSR count). The van der Waals surface area contributed by atoms with E-state index in [0.29, 0.717) is 60.9 Å². The molecule has 10 heteroatoms. The fourth-order valence-electron chi connectivity index (χ4n) is 5.79. The van der Waals surface area contributed by atoms with Crippen LogP contribution in [-0.2, 0) is 6.18 Å². The number of alkyl halides is 3. The van der Waals surface area contributed by atoms with Gasteiger partial charge in [-0.2, -0.15) is 13.2 Å². The van der Waals surface area contributed by atoms with Crippen LogP contribution in [-0.4, -0.2) is 61.0 Å². The van der Waals surface area contributed by atoms with Crippen molar-refractivity contribution in [3.63, 3.8) is 0 Å². The fraction of sp³-hybridized carbons (Fsp3) is 0.355. The van der Waals surface area contributed by atoms with E-state index >= 15 is 0 Å². The van der Waals surface area contributed by atoms with Crippen LogP contribution in [0.15, 0.2) is 66.7 Å². The van der Waals surface area contributed by atoms with Crippen molar-refractivity contribution in [2.45, 2.75) is 37.4 Å². The first-order valence-electron chi connectivity index (χ1n) is 13.4. The monoisotopic (exact) mass is 568 g/mol. The summed E-state index contributed by atoms with van der Waals surface area (Å²) in [6, 6.07) is 16.3. The lowest BCUT2D eigenvalue weighted by Gasteiger charge is -2.45. The highest BCUT2D eigenvalue weighted by Crippen LogP contribution is 2.41. The van der Waals surface area contributed by atoms with Gasteiger partial charge in [-0.15, -0.1) is 0 Å². The number of halogens is 3. The molecule has 0 radical (unpaired) electrons. The van der Waals surface area contributed by atoms with Gasteiger partial charge in [0.2, 0.25) is 0 Å². The maximum atomic E-state index is 13.6. The molecule has 0 atom stereocenters. The highest BCUT2D eigenvalue weighted by Gasteiger charge is 2.46. The molecule has 0 aromatic heterocycles. The van der Waals surface area contributed by atoms with Crippen molar-refractivity contribution in [3.05, 3.63) is 83.4 Å². The van der Waals surface area contributed by atoms with Gasteiger partial charge < -0.3 is 24.0 Å². The highest BCUT2D eigenvalue weighted by molar-refractivity contribution is 6.00. The summed E-state index contributed by atoms with van der Waals surface area (Å²) in [5, 5.41) is 0. The third-order valence-electron chi connectivity index (χ3n) is 7.98. The van der Waals surface area contributed by atoms with Gasteiger partial charge in [-0.1, -0.05) is 6.07 Å². The standard InChI is InChI=1S/C31H31F3N2O5/c1-39-25-5-3-6-26(40-2)27(25)29(38)35-19-16-30(17-20-35)15-4-18-36(30)28(37)21-7-11-23(12-8-21)41-24-13-9-22(10-14-24)31(32,33)34/h3,5-14H,4,15-20H2,1-2H3. The summed E-state index contributed by atoms with van der Waals surface area (Å²) in [7, 11) is 3.04. The highest BCUT2D eigenvalue weighted by atomic mass is 19.4. The van der Waals surface area contributed by atoms with Crippen molar-refractivity contribution in [3.8, 4) is 23.0 Å². The van der Waals surface area contributed by atoms with Crippen LogP contribution in [0.4, 0.5) is 13.2 Å². The first-order valence-corrected chi connectivity index (χ1v) is 13.4. The quantitative estimate of drug-likeness (QED) is 0.343. The molecule has 0 N–H and O–H groups in total.